The van der Waals surface area contributed by atoms with Crippen LogP contribution < -0.4 is 15.4 Å². The summed E-state index contributed by atoms with van der Waals surface area (Å²) in [4.78, 5) is 12.3. The van der Waals surface area contributed by atoms with E-state index in [-0.39, 0.29) is 12.5 Å². The lowest BCUT2D eigenvalue weighted by Gasteiger charge is -2.10. The lowest BCUT2D eigenvalue weighted by atomic mass is 10.3. The minimum atomic E-state index is -2.47. The van der Waals surface area contributed by atoms with E-state index in [0.29, 0.717) is 38.8 Å². The first-order valence-electron chi connectivity index (χ1n) is 6.90. The fourth-order valence-corrected chi connectivity index (χ4v) is 2.64. The molecule has 4 nitrogen and oxygen atoms in total. The summed E-state index contributed by atoms with van der Waals surface area (Å²) in [5.74, 6) is -2.18. The van der Waals surface area contributed by atoms with E-state index in [4.69, 9.17) is 16.3 Å². The van der Waals surface area contributed by atoms with Gasteiger partial charge in [-0.1, -0.05) is 23.4 Å². The predicted octanol–water partition coefficient (Wildman–Crippen LogP) is 4.71. The molecule has 0 bridgehead atoms. The van der Waals surface area contributed by atoms with Gasteiger partial charge in [-0.2, -0.15) is 8.78 Å². The Morgan fingerprint density at radius 2 is 1.88 bits per heavy atom. The van der Waals surface area contributed by atoms with Crippen molar-refractivity contribution in [2.24, 2.45) is 0 Å². The van der Waals surface area contributed by atoms with Gasteiger partial charge in [-0.3, -0.25) is 4.79 Å². The topological polar surface area (TPSA) is 50.4 Å². The summed E-state index contributed by atoms with van der Waals surface area (Å²) >= 11 is 6.46. The Morgan fingerprint density at radius 1 is 1.21 bits per heavy atom. The van der Waals surface area contributed by atoms with Gasteiger partial charge in [-0.05, 0) is 42.5 Å². The van der Waals surface area contributed by atoms with Crippen molar-refractivity contribution in [3.8, 4) is 5.75 Å². The summed E-state index contributed by atoms with van der Waals surface area (Å²) in [6.07, 6.45) is 0. The maximum absolute atomic E-state index is 12.2. The van der Waals surface area contributed by atoms with Crippen molar-refractivity contribution in [3.05, 3.63) is 47.5 Å². The van der Waals surface area contributed by atoms with Crippen LogP contribution in [0.25, 0.3) is 0 Å². The number of halogens is 3. The Labute approximate surface area is 147 Å². The van der Waals surface area contributed by atoms with E-state index in [1.807, 2.05) is 0 Å². The highest BCUT2D eigenvalue weighted by Crippen LogP contribution is 2.27. The number of rotatable bonds is 7. The maximum atomic E-state index is 12.2. The van der Waals surface area contributed by atoms with Gasteiger partial charge in [0.1, 0.15) is 5.75 Å². The second-order valence-electron chi connectivity index (χ2n) is 4.65. The van der Waals surface area contributed by atoms with Crippen molar-refractivity contribution in [2.75, 3.05) is 24.3 Å². The molecule has 0 atom stereocenters. The van der Waals surface area contributed by atoms with Crippen molar-refractivity contribution >= 4 is 40.6 Å². The number of ether oxygens (including phenoxy) is 1. The first-order chi connectivity index (χ1) is 11.5. The molecule has 0 unspecified atom stereocenters. The average Bonchev–Trinajstić information content (AvgIpc) is 2.54. The lowest BCUT2D eigenvalue weighted by Crippen LogP contribution is -2.21. The Hall–Kier alpha value is -1.99. The van der Waals surface area contributed by atoms with Gasteiger partial charge in [0.15, 0.2) is 0 Å². The number of carbonyl (C=O) groups excluding carboxylic acids is 1. The SMILES string of the molecule is COc1ccc(NCC(=O)Nc2ccc(SC(F)F)cc2)cc1Cl. The van der Waals surface area contributed by atoms with E-state index in [9.17, 15) is 13.6 Å². The first kappa shape index (κ1) is 18.4. The molecule has 2 aromatic rings. The Morgan fingerprint density at radius 3 is 2.46 bits per heavy atom. The molecule has 0 aromatic heterocycles. The Bertz CT molecular complexity index is 699. The van der Waals surface area contributed by atoms with Crippen LogP contribution >= 0.6 is 23.4 Å². The number of hydrogen-bond acceptors (Lipinski definition) is 4. The van der Waals surface area contributed by atoms with Gasteiger partial charge in [0.2, 0.25) is 5.91 Å². The van der Waals surface area contributed by atoms with Crippen molar-refractivity contribution < 1.29 is 18.3 Å². The molecule has 0 saturated heterocycles. The first-order valence-corrected chi connectivity index (χ1v) is 8.16. The van der Waals surface area contributed by atoms with Gasteiger partial charge in [0.25, 0.3) is 5.76 Å². The van der Waals surface area contributed by atoms with E-state index < -0.39 is 5.76 Å². The molecule has 0 aliphatic carbocycles. The highest BCUT2D eigenvalue weighted by atomic mass is 35.5. The third-order valence-corrected chi connectivity index (χ3v) is 3.99. The standard InChI is InChI=1S/C16H15ClF2N2O2S/c1-23-14-7-4-11(8-13(14)17)20-9-15(22)21-10-2-5-12(6-3-10)24-16(18)19/h2-8,16,20H,9H2,1H3,(H,21,22). The molecular weight excluding hydrogens is 358 g/mol. The lowest BCUT2D eigenvalue weighted by molar-refractivity contribution is -0.114. The summed E-state index contributed by atoms with van der Waals surface area (Å²) in [6, 6.07) is 11.3. The van der Waals surface area contributed by atoms with Crippen LogP contribution in [0.2, 0.25) is 5.02 Å². The minimum absolute atomic E-state index is 0.0379. The third-order valence-electron chi connectivity index (χ3n) is 2.97. The fourth-order valence-electron chi connectivity index (χ4n) is 1.88. The van der Waals surface area contributed by atoms with Crippen LogP contribution in [-0.4, -0.2) is 25.3 Å². The number of alkyl halides is 2. The second-order valence-corrected chi connectivity index (χ2v) is 6.12. The van der Waals surface area contributed by atoms with Crippen LogP contribution in [0.5, 0.6) is 5.75 Å². The quantitative estimate of drug-likeness (QED) is 0.691. The smallest absolute Gasteiger partial charge is 0.288 e. The molecule has 0 saturated carbocycles. The average molecular weight is 373 g/mol. The number of nitrogens with one attached hydrogen (secondary N) is 2. The zero-order valence-corrected chi connectivity index (χ0v) is 14.3. The molecule has 0 heterocycles. The molecule has 8 heteroatoms. The Kier molecular flexibility index (Phi) is 6.69. The van der Waals surface area contributed by atoms with Gasteiger partial charge in [0.05, 0.1) is 18.7 Å². The molecule has 128 valence electrons. The maximum Gasteiger partial charge on any atom is 0.288 e. The normalized spacial score (nSPS) is 10.5. The van der Waals surface area contributed by atoms with E-state index in [2.05, 4.69) is 10.6 Å². The molecule has 2 aromatic carbocycles. The van der Waals surface area contributed by atoms with E-state index in [1.54, 1.807) is 30.3 Å². The van der Waals surface area contributed by atoms with E-state index in [1.165, 1.54) is 19.2 Å². The van der Waals surface area contributed by atoms with Crippen LogP contribution in [0, 0.1) is 0 Å². The number of hydrogen-bond donors (Lipinski definition) is 2. The summed E-state index contributed by atoms with van der Waals surface area (Å²) < 4.78 is 29.5. The van der Waals surface area contributed by atoms with Gasteiger partial charge >= 0.3 is 0 Å². The van der Waals surface area contributed by atoms with Crippen LogP contribution in [-0.2, 0) is 4.79 Å². The molecule has 0 spiro atoms. The summed E-state index contributed by atoms with van der Waals surface area (Å²) in [6.45, 7) is 0.0379. The van der Waals surface area contributed by atoms with Crippen molar-refractivity contribution in [1.82, 2.24) is 0 Å². The fraction of sp³-hybridized carbons (Fsp3) is 0.188. The molecule has 0 aliphatic heterocycles. The van der Waals surface area contributed by atoms with Crippen molar-refractivity contribution in [3.63, 3.8) is 0 Å². The second kappa shape index (κ2) is 8.75. The Balaban J connectivity index is 1.85. The van der Waals surface area contributed by atoms with Gasteiger partial charge in [-0.25, -0.2) is 0 Å². The molecule has 0 radical (unpaired) electrons. The summed E-state index contributed by atoms with van der Waals surface area (Å²) in [7, 11) is 1.52. The predicted molar refractivity (Wildman–Crippen MR) is 93.4 cm³/mol. The van der Waals surface area contributed by atoms with Crippen LogP contribution in [0.4, 0.5) is 20.2 Å². The molecule has 0 fully saturated rings. The van der Waals surface area contributed by atoms with Gasteiger partial charge in [-0.15, -0.1) is 0 Å². The summed E-state index contributed by atoms with van der Waals surface area (Å²) in [5.41, 5.74) is 1.22. The van der Waals surface area contributed by atoms with E-state index in [0.717, 1.165) is 0 Å². The van der Waals surface area contributed by atoms with Crippen LogP contribution in [0.3, 0.4) is 0 Å². The number of thioether (sulfide) groups is 1. The zero-order chi connectivity index (χ0) is 17.5. The largest absolute Gasteiger partial charge is 0.495 e. The number of anilines is 2. The molecule has 1 amide bonds. The van der Waals surface area contributed by atoms with Gasteiger partial charge in [0, 0.05) is 16.3 Å². The number of carbonyl (C=O) groups is 1. The number of amides is 1. The molecule has 2 N–H and O–H groups in total. The highest BCUT2D eigenvalue weighted by molar-refractivity contribution is 7.99. The number of benzene rings is 2. The highest BCUT2D eigenvalue weighted by Gasteiger charge is 2.07. The molecule has 24 heavy (non-hydrogen) atoms. The van der Waals surface area contributed by atoms with Gasteiger partial charge < -0.3 is 15.4 Å². The van der Waals surface area contributed by atoms with Crippen molar-refractivity contribution in [2.45, 2.75) is 10.7 Å². The van der Waals surface area contributed by atoms with Crippen LogP contribution in [0.1, 0.15) is 0 Å². The van der Waals surface area contributed by atoms with E-state index >= 15 is 0 Å². The molecule has 2 rings (SSSR count). The molecule has 0 aliphatic rings. The number of methoxy groups -OCH3 is 1. The van der Waals surface area contributed by atoms with Crippen LogP contribution in [0.15, 0.2) is 47.4 Å². The summed E-state index contributed by atoms with van der Waals surface area (Å²) in [5, 5.41) is 6.05. The minimum Gasteiger partial charge on any atom is -0.495 e. The zero-order valence-electron chi connectivity index (χ0n) is 12.7. The monoisotopic (exact) mass is 372 g/mol. The molecular formula is C16H15ClF2N2O2S. The third kappa shape index (κ3) is 5.58. The van der Waals surface area contributed by atoms with Crippen molar-refractivity contribution in [1.29, 1.82) is 0 Å².